The first-order valence-electron chi connectivity index (χ1n) is 6.47. The van der Waals surface area contributed by atoms with Crippen LogP contribution in [-0.4, -0.2) is 53.1 Å². The average molecular weight is 264 g/mol. The van der Waals surface area contributed by atoms with Gasteiger partial charge in [0.25, 0.3) is 0 Å². The molecule has 2 amide bonds. The van der Waals surface area contributed by atoms with E-state index in [1.807, 2.05) is 20.8 Å². The zero-order valence-electron chi connectivity index (χ0n) is 11.8. The fourth-order valence-electron chi connectivity index (χ4n) is 2.82. The summed E-state index contributed by atoms with van der Waals surface area (Å²) in [5.41, 5.74) is -0.567. The van der Waals surface area contributed by atoms with Crippen molar-refractivity contribution in [2.45, 2.75) is 44.9 Å². The predicted octanol–water partition coefficient (Wildman–Crippen LogP) is 1.09. The molecule has 5 nitrogen and oxygen atoms in total. The highest BCUT2D eigenvalue weighted by atomic mass is 16.6. The number of likely N-dealkylation sites (tertiary alicyclic amines) is 2. The molecule has 0 aromatic rings. The second-order valence-electron chi connectivity index (χ2n) is 6.21. The summed E-state index contributed by atoms with van der Waals surface area (Å²) >= 11 is 0. The summed E-state index contributed by atoms with van der Waals surface area (Å²) in [5, 5.41) is 0. The van der Waals surface area contributed by atoms with Crippen molar-refractivity contribution < 1.29 is 14.3 Å². The zero-order chi connectivity index (χ0) is 14.4. The molecule has 2 heterocycles. The first-order chi connectivity index (χ1) is 8.74. The van der Waals surface area contributed by atoms with Gasteiger partial charge in [0.2, 0.25) is 5.91 Å². The van der Waals surface area contributed by atoms with E-state index in [0.717, 1.165) is 0 Å². The Labute approximate surface area is 113 Å². The summed E-state index contributed by atoms with van der Waals surface area (Å²) in [6.45, 7) is 5.96. The molecule has 0 aliphatic carbocycles. The lowest BCUT2D eigenvalue weighted by atomic mass is 9.94. The number of carbonyl (C=O) groups excluding carboxylic acids is 2. The normalized spacial score (nSPS) is 30.3. The molecule has 2 rings (SSSR count). The highest BCUT2D eigenvalue weighted by molar-refractivity contribution is 5.84. The van der Waals surface area contributed by atoms with Crippen molar-refractivity contribution in [3.63, 3.8) is 0 Å². The third-order valence-electron chi connectivity index (χ3n) is 3.55. The van der Waals surface area contributed by atoms with Gasteiger partial charge in [0, 0.05) is 13.6 Å². The molecule has 2 fully saturated rings. The summed E-state index contributed by atoms with van der Waals surface area (Å²) in [5.74, 6) is 2.31. The summed E-state index contributed by atoms with van der Waals surface area (Å²) in [6, 6.07) is -0.527. The van der Waals surface area contributed by atoms with Gasteiger partial charge in [0.1, 0.15) is 11.6 Å². The van der Waals surface area contributed by atoms with Crippen molar-refractivity contribution in [1.82, 2.24) is 9.80 Å². The lowest BCUT2D eigenvalue weighted by Crippen LogP contribution is -2.46. The number of ether oxygens (including phenoxy) is 1. The van der Waals surface area contributed by atoms with Crippen LogP contribution in [0.2, 0.25) is 0 Å². The van der Waals surface area contributed by atoms with E-state index >= 15 is 0 Å². The van der Waals surface area contributed by atoms with Gasteiger partial charge in [0.15, 0.2) is 0 Å². The molecule has 0 unspecified atom stereocenters. The minimum atomic E-state index is -0.567. The monoisotopic (exact) mass is 264 g/mol. The number of likely N-dealkylation sites (N-methyl/N-ethyl adjacent to an activating group) is 1. The molecule has 0 radical (unpaired) electrons. The van der Waals surface area contributed by atoms with Crippen LogP contribution in [0.25, 0.3) is 0 Å². The molecule has 0 N–H and O–H groups in total. The molecule has 5 heteroatoms. The Balaban J connectivity index is 2.24. The van der Waals surface area contributed by atoms with Crippen molar-refractivity contribution in [3.05, 3.63) is 0 Å². The Morgan fingerprint density at radius 3 is 2.63 bits per heavy atom. The van der Waals surface area contributed by atoms with Crippen LogP contribution < -0.4 is 0 Å². The minimum Gasteiger partial charge on any atom is -0.444 e. The Kier molecular flexibility index (Phi) is 3.21. The molecular weight excluding hydrogens is 244 g/mol. The van der Waals surface area contributed by atoms with E-state index < -0.39 is 17.7 Å². The van der Waals surface area contributed by atoms with Gasteiger partial charge in [0.05, 0.1) is 12.0 Å². The maximum Gasteiger partial charge on any atom is 0.411 e. The Morgan fingerprint density at radius 1 is 1.47 bits per heavy atom. The molecular formula is C14H20N2O3. The van der Waals surface area contributed by atoms with Crippen LogP contribution in [0.5, 0.6) is 0 Å². The molecule has 19 heavy (non-hydrogen) atoms. The summed E-state index contributed by atoms with van der Waals surface area (Å²) in [7, 11) is 1.74. The predicted molar refractivity (Wildman–Crippen MR) is 70.2 cm³/mol. The highest BCUT2D eigenvalue weighted by Crippen LogP contribution is 2.36. The van der Waals surface area contributed by atoms with E-state index in [-0.39, 0.29) is 17.9 Å². The number of rotatable bonds is 0. The molecule has 2 aliphatic heterocycles. The third-order valence-corrected chi connectivity index (χ3v) is 3.55. The van der Waals surface area contributed by atoms with Crippen LogP contribution in [-0.2, 0) is 9.53 Å². The number of carbonyl (C=O) groups is 2. The first-order valence-corrected chi connectivity index (χ1v) is 6.47. The summed E-state index contributed by atoms with van der Waals surface area (Å²) < 4.78 is 5.39. The van der Waals surface area contributed by atoms with Crippen LogP contribution in [0.4, 0.5) is 4.79 Å². The molecule has 2 bridgehead atoms. The van der Waals surface area contributed by atoms with Gasteiger partial charge >= 0.3 is 6.09 Å². The van der Waals surface area contributed by atoms with Gasteiger partial charge in [-0.2, -0.15) is 0 Å². The highest BCUT2D eigenvalue weighted by Gasteiger charge is 2.52. The molecule has 2 saturated heterocycles. The maximum absolute atomic E-state index is 12.3. The van der Waals surface area contributed by atoms with Gasteiger partial charge in [-0.05, 0) is 27.2 Å². The summed E-state index contributed by atoms with van der Waals surface area (Å²) in [6.07, 6.45) is 5.73. The molecule has 3 atom stereocenters. The fourth-order valence-corrected chi connectivity index (χ4v) is 2.82. The largest absolute Gasteiger partial charge is 0.444 e. The Hall–Kier alpha value is -1.70. The van der Waals surface area contributed by atoms with Crippen LogP contribution in [0.3, 0.4) is 0 Å². The number of hydrogen-bond donors (Lipinski definition) is 0. The van der Waals surface area contributed by atoms with Crippen LogP contribution in [0, 0.1) is 18.3 Å². The van der Waals surface area contributed by atoms with Gasteiger partial charge in [-0.15, -0.1) is 6.42 Å². The van der Waals surface area contributed by atoms with Gasteiger partial charge < -0.3 is 9.64 Å². The van der Waals surface area contributed by atoms with Crippen molar-refractivity contribution in [3.8, 4) is 12.3 Å². The van der Waals surface area contributed by atoms with Gasteiger partial charge in [-0.1, -0.05) is 5.92 Å². The van der Waals surface area contributed by atoms with E-state index in [1.165, 1.54) is 0 Å². The molecule has 0 saturated carbocycles. The van der Waals surface area contributed by atoms with Gasteiger partial charge in [-0.3, -0.25) is 9.69 Å². The Bertz CT molecular complexity index is 447. The number of terminal acetylenes is 1. The van der Waals surface area contributed by atoms with Crippen LogP contribution in [0.15, 0.2) is 0 Å². The molecule has 104 valence electrons. The second kappa shape index (κ2) is 4.44. The lowest BCUT2D eigenvalue weighted by Gasteiger charge is -2.31. The van der Waals surface area contributed by atoms with E-state index in [2.05, 4.69) is 5.92 Å². The van der Waals surface area contributed by atoms with E-state index in [1.54, 1.807) is 16.8 Å². The van der Waals surface area contributed by atoms with Crippen LogP contribution in [0.1, 0.15) is 27.2 Å². The SMILES string of the molecule is C#C[C@H]1[C@H]2C[C@H](CN(C)C2=O)N1C(=O)OC(C)(C)C. The van der Waals surface area contributed by atoms with E-state index in [9.17, 15) is 9.59 Å². The van der Waals surface area contributed by atoms with Gasteiger partial charge in [-0.25, -0.2) is 4.79 Å². The summed E-state index contributed by atoms with van der Waals surface area (Å²) in [4.78, 5) is 27.5. The number of hydrogen-bond acceptors (Lipinski definition) is 3. The quantitative estimate of drug-likeness (QED) is 0.615. The number of fused-ring (bicyclic) bond motifs is 2. The zero-order valence-corrected chi connectivity index (χ0v) is 11.8. The van der Waals surface area contributed by atoms with Crippen molar-refractivity contribution in [2.24, 2.45) is 5.92 Å². The fraction of sp³-hybridized carbons (Fsp3) is 0.714. The molecule has 2 aliphatic rings. The van der Waals surface area contributed by atoms with E-state index in [4.69, 9.17) is 11.2 Å². The maximum atomic E-state index is 12.3. The van der Waals surface area contributed by atoms with Crippen molar-refractivity contribution >= 4 is 12.0 Å². The third kappa shape index (κ3) is 2.40. The second-order valence-corrected chi connectivity index (χ2v) is 6.21. The molecule has 0 aromatic heterocycles. The molecule has 0 spiro atoms. The Morgan fingerprint density at radius 2 is 2.11 bits per heavy atom. The molecule has 0 aromatic carbocycles. The number of amides is 2. The lowest BCUT2D eigenvalue weighted by molar-refractivity contribution is -0.135. The van der Waals surface area contributed by atoms with Crippen molar-refractivity contribution in [2.75, 3.05) is 13.6 Å². The number of piperidine rings is 1. The van der Waals surface area contributed by atoms with Crippen molar-refractivity contribution in [1.29, 1.82) is 0 Å². The van der Waals surface area contributed by atoms with Crippen LogP contribution >= 0.6 is 0 Å². The standard InChI is InChI=1S/C14H20N2O3/c1-6-11-10-7-9(8-15(5)12(10)17)16(11)13(18)19-14(2,3)4/h1,9-11H,7-8H2,2-5H3/t9-,10-,11+/m1/s1. The minimum absolute atomic E-state index is 0.0188. The first kappa shape index (κ1) is 13.7. The number of nitrogens with zero attached hydrogens (tertiary/aromatic N) is 2. The van der Waals surface area contributed by atoms with E-state index in [0.29, 0.717) is 13.0 Å². The average Bonchev–Trinajstić information content (AvgIpc) is 2.58. The smallest absolute Gasteiger partial charge is 0.411 e. The topological polar surface area (TPSA) is 49.9 Å².